The first-order valence-electron chi connectivity index (χ1n) is 8.17. The Morgan fingerprint density at radius 3 is 2.25 bits per heavy atom. The van der Waals surface area contributed by atoms with Gasteiger partial charge < -0.3 is 0 Å². The molecule has 0 unspecified atom stereocenters. The van der Waals surface area contributed by atoms with Crippen molar-refractivity contribution in [3.8, 4) is 0 Å². The summed E-state index contributed by atoms with van der Waals surface area (Å²) in [6.45, 7) is 9.91. The summed E-state index contributed by atoms with van der Waals surface area (Å²) in [5.74, 6) is 0.472. The minimum absolute atomic E-state index is 0.0561. The van der Waals surface area contributed by atoms with Gasteiger partial charge in [0.1, 0.15) is 0 Å². The molecule has 1 fully saturated rings. The number of carbonyl (C=O) groups is 1. The van der Waals surface area contributed by atoms with Crippen LogP contribution >= 0.6 is 7.51 Å². The summed E-state index contributed by atoms with van der Waals surface area (Å²) in [4.78, 5) is 12.4. The summed E-state index contributed by atoms with van der Waals surface area (Å²) >= 11 is 0. The van der Waals surface area contributed by atoms with Crippen molar-refractivity contribution in [2.24, 2.45) is 0 Å². The van der Waals surface area contributed by atoms with Crippen LogP contribution in [0.3, 0.4) is 0 Å². The Balaban J connectivity index is 2.24. The van der Waals surface area contributed by atoms with E-state index in [1.54, 1.807) is 13.8 Å². The quantitative estimate of drug-likeness (QED) is 0.738. The van der Waals surface area contributed by atoms with Gasteiger partial charge in [0.05, 0.1) is 0 Å². The molecule has 0 radical (unpaired) electrons. The molecule has 1 saturated heterocycles. The number of hydrogen-bond donors (Lipinski definition) is 0. The van der Waals surface area contributed by atoms with Crippen LogP contribution in [0.15, 0.2) is 41.7 Å². The Labute approximate surface area is 143 Å². The van der Waals surface area contributed by atoms with Crippen LogP contribution < -0.4 is 0 Å². The van der Waals surface area contributed by atoms with Crippen molar-refractivity contribution in [1.82, 2.24) is 0 Å². The fourth-order valence-corrected chi connectivity index (χ4v) is 8.16. The third kappa shape index (κ3) is 2.70. The van der Waals surface area contributed by atoms with Crippen molar-refractivity contribution < 1.29 is 22.9 Å². The zero-order valence-electron chi connectivity index (χ0n) is 14.9. The van der Waals surface area contributed by atoms with E-state index in [1.807, 2.05) is 51.1 Å². The molecule has 0 N–H and O–H groups in total. The van der Waals surface area contributed by atoms with Gasteiger partial charge in [0.2, 0.25) is 0 Å². The Kier molecular flexibility index (Phi) is 4.12. The van der Waals surface area contributed by atoms with Crippen LogP contribution in [0.5, 0.6) is 0 Å². The first-order valence-corrected chi connectivity index (χ1v) is 10.1. The van der Waals surface area contributed by atoms with Crippen molar-refractivity contribution in [2.45, 2.75) is 45.9 Å². The Morgan fingerprint density at radius 2 is 1.75 bits per heavy atom. The first-order chi connectivity index (χ1) is 11.2. The molecule has 3 rings (SSSR count). The molecule has 2 aliphatic heterocycles. The monoisotopic (exact) mass is 352 g/mol. The van der Waals surface area contributed by atoms with Crippen LogP contribution in [-0.2, 0) is 22.9 Å². The van der Waals surface area contributed by atoms with Gasteiger partial charge in [0.25, 0.3) is 0 Å². The van der Waals surface area contributed by atoms with Crippen molar-refractivity contribution in [2.75, 3.05) is 13.2 Å². The summed E-state index contributed by atoms with van der Waals surface area (Å²) in [5, 5.41) is 0. The van der Waals surface area contributed by atoms with Crippen molar-refractivity contribution >= 4 is 13.3 Å². The maximum absolute atomic E-state index is 12.4. The molecule has 2 heterocycles. The molecular weight excluding hydrogens is 327 g/mol. The first kappa shape index (κ1) is 17.6. The second-order valence-electron chi connectivity index (χ2n) is 7.17. The van der Waals surface area contributed by atoms with Gasteiger partial charge in [0.15, 0.2) is 0 Å². The summed E-state index contributed by atoms with van der Waals surface area (Å²) < 4.78 is 25.0. The van der Waals surface area contributed by atoms with Crippen molar-refractivity contribution in [1.29, 1.82) is 0 Å². The predicted molar refractivity (Wildman–Crippen MR) is 93.3 cm³/mol. The van der Waals surface area contributed by atoms with Gasteiger partial charge in [-0.25, -0.2) is 0 Å². The fourth-order valence-electron chi connectivity index (χ4n) is 3.50. The summed E-state index contributed by atoms with van der Waals surface area (Å²) in [6, 6.07) is 9.72. The maximum atomic E-state index is 12.4. The molecule has 6 heteroatoms. The van der Waals surface area contributed by atoms with Gasteiger partial charge in [-0.3, -0.25) is 0 Å². The van der Waals surface area contributed by atoms with Gasteiger partial charge in [-0.1, -0.05) is 0 Å². The van der Waals surface area contributed by atoms with Crippen LogP contribution in [0.4, 0.5) is 0 Å². The van der Waals surface area contributed by atoms with Crippen LogP contribution in [0.25, 0.3) is 0 Å². The van der Waals surface area contributed by atoms with Gasteiger partial charge >= 0.3 is 143 Å². The van der Waals surface area contributed by atoms with Crippen LogP contribution in [0.2, 0.25) is 0 Å². The second-order valence-corrected chi connectivity index (χ2v) is 10.3. The van der Waals surface area contributed by atoms with Crippen LogP contribution in [-0.4, -0.2) is 24.6 Å². The minimum atomic E-state index is -4.01. The molecule has 0 aliphatic carbocycles. The number of carbonyl (C=O) groups excluding carboxylic acids is 1. The Morgan fingerprint density at radius 1 is 1.17 bits per heavy atom. The van der Waals surface area contributed by atoms with E-state index < -0.39 is 18.8 Å². The van der Waals surface area contributed by atoms with E-state index in [9.17, 15) is 4.79 Å². The summed E-state index contributed by atoms with van der Waals surface area (Å²) in [7, 11) is -4.01. The van der Waals surface area contributed by atoms with E-state index >= 15 is 0 Å². The summed E-state index contributed by atoms with van der Waals surface area (Å²) in [5.41, 5.74) is 0.437. The van der Waals surface area contributed by atoms with Crippen molar-refractivity contribution in [3.63, 3.8) is 0 Å². The predicted octanol–water partition coefficient (Wildman–Crippen LogP) is 4.70. The van der Waals surface area contributed by atoms with Crippen LogP contribution in [0, 0.1) is 0 Å². The Hall–Kier alpha value is -1.26. The van der Waals surface area contributed by atoms with E-state index in [0.717, 1.165) is 5.56 Å². The molecule has 1 aromatic carbocycles. The topological polar surface area (TPSA) is 54.0 Å². The molecule has 2 aliphatic rings. The zero-order valence-corrected chi connectivity index (χ0v) is 15.8. The van der Waals surface area contributed by atoms with E-state index in [0.29, 0.717) is 24.5 Å². The number of allylic oxidation sites excluding steroid dienone is 2. The van der Waals surface area contributed by atoms with Gasteiger partial charge in [0, 0.05) is 0 Å². The molecule has 5 nitrogen and oxygen atoms in total. The average Bonchev–Trinajstić information content (AvgIpc) is 2.98. The molecule has 0 amide bonds. The van der Waals surface area contributed by atoms with E-state index in [1.165, 1.54) is 0 Å². The molecule has 1 spiro atoms. The van der Waals surface area contributed by atoms with E-state index in [2.05, 4.69) is 0 Å². The molecule has 1 atom stereocenters. The zero-order chi connectivity index (χ0) is 17.6. The number of Topliss-reactive ketones (excluding diaryl/α,β-unsaturated/α-hetero) is 1. The third-order valence-corrected chi connectivity index (χ3v) is 8.21. The number of hydrogen-bond acceptors (Lipinski definition) is 5. The standard InChI is InChI=1S/C18H25O5P/c1-13(19)16-14(2)22-24(20-11-12-21-24,23-18(3,4)5)17(16)15-9-7-6-8-10-15/h6-10,17H,11-12H2,1-5H3/t17-/m0/s1. The van der Waals surface area contributed by atoms with Crippen molar-refractivity contribution in [3.05, 3.63) is 47.2 Å². The molecule has 132 valence electrons. The van der Waals surface area contributed by atoms with Crippen LogP contribution in [0.1, 0.15) is 45.8 Å². The molecule has 0 saturated carbocycles. The second kappa shape index (κ2) is 5.63. The summed E-state index contributed by atoms with van der Waals surface area (Å²) in [6.07, 6.45) is 0. The normalized spacial score (nSPS) is 26.9. The Bertz CT molecular complexity index is 683. The molecule has 0 aromatic heterocycles. The van der Waals surface area contributed by atoms with Gasteiger partial charge in [-0.2, -0.15) is 0 Å². The molecular formula is C18H25O5P. The average molecular weight is 352 g/mol. The molecule has 0 bridgehead atoms. The fraction of sp³-hybridized carbons (Fsp3) is 0.500. The van der Waals surface area contributed by atoms with E-state index in [-0.39, 0.29) is 5.78 Å². The number of ketones is 1. The van der Waals surface area contributed by atoms with Gasteiger partial charge in [-0.05, 0) is 0 Å². The third-order valence-electron chi connectivity index (χ3n) is 4.04. The number of rotatable bonds is 3. The molecule has 24 heavy (non-hydrogen) atoms. The van der Waals surface area contributed by atoms with Gasteiger partial charge in [-0.15, -0.1) is 0 Å². The molecule has 1 aromatic rings. The van der Waals surface area contributed by atoms with E-state index in [4.69, 9.17) is 18.1 Å². The SMILES string of the molecule is CC(=O)C1=C(C)OP2(OC(C)(C)C)(OCCO2)[C@H]1c1ccccc1. The number of benzene rings is 1.